The monoisotopic (exact) mass is 296 g/mol. The molecule has 3 nitrogen and oxygen atoms in total. The lowest BCUT2D eigenvalue weighted by Gasteiger charge is -2.44. The van der Waals surface area contributed by atoms with Gasteiger partial charge in [-0.3, -0.25) is 0 Å². The van der Waals surface area contributed by atoms with Gasteiger partial charge in [0.1, 0.15) is 0 Å². The number of benzene rings is 1. The van der Waals surface area contributed by atoms with Crippen molar-refractivity contribution in [2.45, 2.75) is 45.2 Å². The molecule has 1 aromatic rings. The van der Waals surface area contributed by atoms with Crippen LogP contribution in [0, 0.1) is 0 Å². The molecule has 0 spiro atoms. The Morgan fingerprint density at radius 1 is 1.45 bits per heavy atom. The molecular formula is C16H25ClN2O. The van der Waals surface area contributed by atoms with Crippen molar-refractivity contribution in [3.8, 4) is 0 Å². The van der Waals surface area contributed by atoms with Crippen molar-refractivity contribution in [1.29, 1.82) is 0 Å². The van der Waals surface area contributed by atoms with Crippen LogP contribution in [0.5, 0.6) is 0 Å². The molecule has 0 bridgehead atoms. The van der Waals surface area contributed by atoms with Crippen molar-refractivity contribution < 1.29 is 4.74 Å². The number of hydrogen-bond donors (Lipinski definition) is 1. The van der Waals surface area contributed by atoms with Crippen LogP contribution < -0.4 is 10.6 Å². The number of ether oxygens (including phenoxy) is 1. The Bertz CT molecular complexity index is 462. The predicted octanol–water partition coefficient (Wildman–Crippen LogP) is 3.24. The summed E-state index contributed by atoms with van der Waals surface area (Å²) in [4.78, 5) is 2.40. The van der Waals surface area contributed by atoms with E-state index in [2.05, 4.69) is 31.7 Å². The summed E-state index contributed by atoms with van der Waals surface area (Å²) in [5.74, 6) is 0. The van der Waals surface area contributed by atoms with Gasteiger partial charge in [-0.2, -0.15) is 0 Å². The van der Waals surface area contributed by atoms with Gasteiger partial charge in [0.2, 0.25) is 0 Å². The maximum atomic E-state index is 6.43. The molecule has 20 heavy (non-hydrogen) atoms. The normalized spacial score (nSPS) is 19.9. The number of hydrogen-bond acceptors (Lipinski definition) is 3. The van der Waals surface area contributed by atoms with Crippen LogP contribution in [0.1, 0.15) is 32.8 Å². The van der Waals surface area contributed by atoms with E-state index in [-0.39, 0.29) is 11.6 Å². The Morgan fingerprint density at radius 2 is 2.20 bits per heavy atom. The average molecular weight is 297 g/mol. The zero-order chi connectivity index (χ0) is 14.8. The Hall–Kier alpha value is -0.770. The van der Waals surface area contributed by atoms with Crippen molar-refractivity contribution in [3.63, 3.8) is 0 Å². The molecule has 1 saturated heterocycles. The summed E-state index contributed by atoms with van der Waals surface area (Å²) in [5, 5.41) is 0.814. The first-order chi connectivity index (χ1) is 9.45. The van der Waals surface area contributed by atoms with Gasteiger partial charge in [-0.25, -0.2) is 0 Å². The van der Waals surface area contributed by atoms with E-state index in [0.29, 0.717) is 0 Å². The highest BCUT2D eigenvalue weighted by Crippen LogP contribution is 2.34. The van der Waals surface area contributed by atoms with Crippen LogP contribution in [-0.4, -0.2) is 31.3 Å². The quantitative estimate of drug-likeness (QED) is 0.927. The highest BCUT2D eigenvalue weighted by molar-refractivity contribution is 6.31. The Labute approximate surface area is 127 Å². The molecule has 0 amide bonds. The lowest BCUT2D eigenvalue weighted by molar-refractivity contribution is 0.0643. The summed E-state index contributed by atoms with van der Waals surface area (Å²) < 4.78 is 5.61. The molecule has 1 heterocycles. The molecule has 1 unspecified atom stereocenters. The number of rotatable bonds is 4. The first-order valence-electron chi connectivity index (χ1n) is 7.34. The topological polar surface area (TPSA) is 38.5 Å². The van der Waals surface area contributed by atoms with E-state index in [9.17, 15) is 0 Å². The molecule has 0 aromatic heterocycles. The summed E-state index contributed by atoms with van der Waals surface area (Å²) in [7, 11) is 0. The van der Waals surface area contributed by atoms with Crippen LogP contribution in [-0.2, 0) is 11.2 Å². The van der Waals surface area contributed by atoms with Crippen LogP contribution in [0.4, 0.5) is 5.69 Å². The minimum absolute atomic E-state index is 0.0198. The number of morpholine rings is 1. The first kappa shape index (κ1) is 15.6. The molecule has 0 radical (unpaired) electrons. The molecule has 4 heteroatoms. The van der Waals surface area contributed by atoms with E-state index >= 15 is 0 Å². The predicted molar refractivity (Wildman–Crippen MR) is 85.7 cm³/mol. The molecule has 1 fully saturated rings. The molecule has 2 rings (SSSR count). The van der Waals surface area contributed by atoms with E-state index in [1.807, 2.05) is 12.1 Å². The molecule has 112 valence electrons. The second-order valence-electron chi connectivity index (χ2n) is 6.13. The van der Waals surface area contributed by atoms with Gasteiger partial charge in [0.05, 0.1) is 18.8 Å². The average Bonchev–Trinajstić information content (AvgIpc) is 2.41. The van der Waals surface area contributed by atoms with Crippen LogP contribution in [0.2, 0.25) is 5.02 Å². The Kier molecular flexibility index (Phi) is 4.95. The lowest BCUT2D eigenvalue weighted by atomic mass is 9.96. The van der Waals surface area contributed by atoms with Gasteiger partial charge in [0, 0.05) is 23.3 Å². The molecule has 2 N–H and O–H groups in total. The van der Waals surface area contributed by atoms with Gasteiger partial charge in [0.15, 0.2) is 0 Å². The van der Waals surface area contributed by atoms with E-state index in [1.54, 1.807) is 0 Å². The number of nitrogens with two attached hydrogens (primary N) is 1. The van der Waals surface area contributed by atoms with Crippen LogP contribution in [0.25, 0.3) is 0 Å². The molecule has 1 aliphatic heterocycles. The van der Waals surface area contributed by atoms with Gasteiger partial charge in [-0.1, -0.05) is 24.6 Å². The van der Waals surface area contributed by atoms with E-state index in [1.165, 1.54) is 11.3 Å². The third-order valence-electron chi connectivity index (χ3n) is 4.02. The van der Waals surface area contributed by atoms with Gasteiger partial charge < -0.3 is 15.4 Å². The summed E-state index contributed by atoms with van der Waals surface area (Å²) in [6.07, 6.45) is 1.77. The van der Waals surface area contributed by atoms with Crippen LogP contribution in [0.3, 0.4) is 0 Å². The van der Waals surface area contributed by atoms with Gasteiger partial charge in [0.25, 0.3) is 0 Å². The van der Waals surface area contributed by atoms with Crippen molar-refractivity contribution in [2.24, 2.45) is 5.73 Å². The summed E-state index contributed by atoms with van der Waals surface area (Å²) in [6, 6.07) is 6.27. The van der Waals surface area contributed by atoms with Gasteiger partial charge >= 0.3 is 0 Å². The number of halogens is 1. The number of nitrogens with zero attached hydrogens (tertiary/aromatic N) is 1. The molecule has 1 aromatic carbocycles. The maximum Gasteiger partial charge on any atom is 0.0694 e. The van der Waals surface area contributed by atoms with Crippen molar-refractivity contribution in [2.75, 3.05) is 24.7 Å². The van der Waals surface area contributed by atoms with Crippen molar-refractivity contribution in [1.82, 2.24) is 0 Å². The lowest BCUT2D eigenvalue weighted by Crippen LogP contribution is -2.53. The molecule has 0 aliphatic carbocycles. The maximum absolute atomic E-state index is 6.43. The Balaban J connectivity index is 2.37. The minimum Gasteiger partial charge on any atom is -0.377 e. The van der Waals surface area contributed by atoms with Crippen molar-refractivity contribution >= 4 is 17.3 Å². The first-order valence-corrected chi connectivity index (χ1v) is 7.72. The van der Waals surface area contributed by atoms with E-state index < -0.39 is 0 Å². The van der Waals surface area contributed by atoms with E-state index in [4.69, 9.17) is 22.1 Å². The Morgan fingerprint density at radius 3 is 2.85 bits per heavy atom. The summed E-state index contributed by atoms with van der Waals surface area (Å²) in [5.41, 5.74) is 8.49. The molecule has 0 saturated carbocycles. The zero-order valence-corrected chi connectivity index (χ0v) is 13.4. The third kappa shape index (κ3) is 3.27. The van der Waals surface area contributed by atoms with Gasteiger partial charge in [-0.15, -0.1) is 0 Å². The zero-order valence-electron chi connectivity index (χ0n) is 12.7. The summed E-state index contributed by atoms with van der Waals surface area (Å²) >= 11 is 6.43. The second-order valence-corrected chi connectivity index (χ2v) is 6.53. The van der Waals surface area contributed by atoms with Gasteiger partial charge in [-0.05, 0) is 44.4 Å². The fourth-order valence-electron chi connectivity index (χ4n) is 2.71. The van der Waals surface area contributed by atoms with Crippen LogP contribution in [0.15, 0.2) is 18.2 Å². The minimum atomic E-state index is -0.0198. The fraction of sp³-hybridized carbons (Fsp3) is 0.625. The second kappa shape index (κ2) is 6.33. The standard InChI is InChI=1S/C16H25ClN2O/c1-4-12(18)10-13-14(17)6-5-7-15(13)19-8-9-20-11-16(19,2)3/h5-7,12H,4,8-11,18H2,1-3H3. The molecular weight excluding hydrogens is 272 g/mol. The molecule has 1 atom stereocenters. The SMILES string of the molecule is CCC(N)Cc1c(Cl)cccc1N1CCOCC1(C)C. The van der Waals surface area contributed by atoms with Crippen LogP contribution >= 0.6 is 11.6 Å². The third-order valence-corrected chi connectivity index (χ3v) is 4.37. The van der Waals surface area contributed by atoms with Crippen molar-refractivity contribution in [3.05, 3.63) is 28.8 Å². The number of anilines is 1. The fourth-order valence-corrected chi connectivity index (χ4v) is 2.96. The largest absolute Gasteiger partial charge is 0.377 e. The molecule has 1 aliphatic rings. The highest BCUT2D eigenvalue weighted by atomic mass is 35.5. The van der Waals surface area contributed by atoms with E-state index in [0.717, 1.165) is 37.6 Å². The summed E-state index contributed by atoms with van der Waals surface area (Å²) in [6.45, 7) is 8.91. The highest BCUT2D eigenvalue weighted by Gasteiger charge is 2.32. The smallest absolute Gasteiger partial charge is 0.0694 e.